The predicted octanol–water partition coefficient (Wildman–Crippen LogP) is 0.967. The molecule has 0 amide bonds. The molecule has 1 aliphatic heterocycles. The van der Waals surface area contributed by atoms with E-state index in [1.54, 1.807) is 7.11 Å². The van der Waals surface area contributed by atoms with Crippen LogP contribution < -0.4 is 10.1 Å². The molecule has 1 aromatic rings. The number of carbonyl (C=O) groups is 1. The Morgan fingerprint density at radius 1 is 1.60 bits per heavy atom. The smallest absolute Gasteiger partial charge is 0.325 e. The van der Waals surface area contributed by atoms with E-state index in [-0.39, 0.29) is 0 Å². The third kappa shape index (κ3) is 1.68. The molecule has 0 unspecified atom stereocenters. The molecule has 0 bridgehead atoms. The minimum absolute atomic E-state index is 0.608. The second-order valence-corrected chi connectivity index (χ2v) is 3.50. The summed E-state index contributed by atoms with van der Waals surface area (Å²) in [7, 11) is 1.60. The molecule has 0 aromatic heterocycles. The van der Waals surface area contributed by atoms with Gasteiger partial charge >= 0.3 is 5.97 Å². The van der Waals surface area contributed by atoms with Crippen LogP contribution in [0, 0.1) is 0 Å². The summed E-state index contributed by atoms with van der Waals surface area (Å²) < 4.78 is 5.22. The van der Waals surface area contributed by atoms with Gasteiger partial charge in [0, 0.05) is 12.1 Å². The molecule has 4 nitrogen and oxygen atoms in total. The van der Waals surface area contributed by atoms with Crippen LogP contribution in [0.3, 0.4) is 0 Å². The van der Waals surface area contributed by atoms with Gasteiger partial charge in [-0.05, 0) is 18.1 Å². The SMILES string of the molecule is COc1cccc2c1CCN[C@H]2C(=O)O. The van der Waals surface area contributed by atoms with E-state index in [4.69, 9.17) is 9.84 Å². The fraction of sp³-hybridized carbons (Fsp3) is 0.364. The highest BCUT2D eigenvalue weighted by Crippen LogP contribution is 2.30. The normalized spacial score (nSPS) is 19.4. The number of hydrogen-bond acceptors (Lipinski definition) is 3. The third-order valence-electron chi connectivity index (χ3n) is 2.67. The van der Waals surface area contributed by atoms with Gasteiger partial charge in [0.15, 0.2) is 0 Å². The molecule has 2 rings (SSSR count). The first-order valence-electron chi connectivity index (χ1n) is 4.86. The monoisotopic (exact) mass is 207 g/mol. The first kappa shape index (κ1) is 9.98. The Balaban J connectivity index is 2.48. The highest BCUT2D eigenvalue weighted by Gasteiger charge is 2.27. The summed E-state index contributed by atoms with van der Waals surface area (Å²) in [5, 5.41) is 12.0. The maximum absolute atomic E-state index is 11.0. The molecule has 15 heavy (non-hydrogen) atoms. The second kappa shape index (κ2) is 3.90. The number of hydrogen-bond donors (Lipinski definition) is 2. The van der Waals surface area contributed by atoms with Crippen LogP contribution in [0.4, 0.5) is 0 Å². The molecule has 0 spiro atoms. The van der Waals surface area contributed by atoms with Gasteiger partial charge in [-0.1, -0.05) is 12.1 Å². The number of fused-ring (bicyclic) bond motifs is 1. The molecular weight excluding hydrogens is 194 g/mol. The maximum atomic E-state index is 11.0. The largest absolute Gasteiger partial charge is 0.496 e. The van der Waals surface area contributed by atoms with Crippen LogP contribution in [0.1, 0.15) is 17.2 Å². The lowest BCUT2D eigenvalue weighted by Gasteiger charge is -2.25. The van der Waals surface area contributed by atoms with Crippen LogP contribution in [-0.2, 0) is 11.2 Å². The average Bonchev–Trinajstić information content (AvgIpc) is 2.27. The number of methoxy groups -OCH3 is 1. The van der Waals surface area contributed by atoms with E-state index in [1.807, 2.05) is 18.2 Å². The summed E-state index contributed by atoms with van der Waals surface area (Å²) >= 11 is 0. The predicted molar refractivity (Wildman–Crippen MR) is 55.1 cm³/mol. The first-order valence-corrected chi connectivity index (χ1v) is 4.86. The quantitative estimate of drug-likeness (QED) is 0.758. The standard InChI is InChI=1S/C11H13NO3/c1-15-9-4-2-3-8-7(9)5-6-12-10(8)11(13)14/h2-4,10,12H,5-6H2,1H3,(H,13,14)/t10-/m1/s1. The molecule has 0 fully saturated rings. The Morgan fingerprint density at radius 3 is 3.07 bits per heavy atom. The number of carboxylic acid groups (broad SMARTS) is 1. The molecular formula is C11H13NO3. The molecule has 0 radical (unpaired) electrons. The number of aliphatic carboxylic acids is 1. The molecule has 0 saturated carbocycles. The topological polar surface area (TPSA) is 58.6 Å². The van der Waals surface area contributed by atoms with Crippen LogP contribution in [-0.4, -0.2) is 24.7 Å². The van der Waals surface area contributed by atoms with Crippen molar-refractivity contribution in [2.75, 3.05) is 13.7 Å². The van der Waals surface area contributed by atoms with Crippen LogP contribution in [0.15, 0.2) is 18.2 Å². The van der Waals surface area contributed by atoms with Crippen LogP contribution in [0.5, 0.6) is 5.75 Å². The fourth-order valence-electron chi connectivity index (χ4n) is 1.98. The van der Waals surface area contributed by atoms with E-state index in [1.165, 1.54) is 0 Å². The van der Waals surface area contributed by atoms with E-state index >= 15 is 0 Å². The van der Waals surface area contributed by atoms with E-state index in [0.29, 0.717) is 6.54 Å². The zero-order valence-electron chi connectivity index (χ0n) is 8.49. The highest BCUT2D eigenvalue weighted by molar-refractivity contribution is 5.77. The first-order chi connectivity index (χ1) is 7.24. The Morgan fingerprint density at radius 2 is 2.40 bits per heavy atom. The number of ether oxygens (including phenoxy) is 1. The molecule has 0 aliphatic carbocycles. The number of carboxylic acids is 1. The second-order valence-electron chi connectivity index (χ2n) is 3.50. The van der Waals surface area contributed by atoms with Crippen LogP contribution in [0.2, 0.25) is 0 Å². The van der Waals surface area contributed by atoms with Gasteiger partial charge in [-0.25, -0.2) is 0 Å². The van der Waals surface area contributed by atoms with Crippen molar-refractivity contribution in [3.63, 3.8) is 0 Å². The number of rotatable bonds is 2. The van der Waals surface area contributed by atoms with E-state index < -0.39 is 12.0 Å². The zero-order valence-corrected chi connectivity index (χ0v) is 8.49. The summed E-state index contributed by atoms with van der Waals surface area (Å²) in [6.45, 7) is 0.671. The summed E-state index contributed by atoms with van der Waals surface area (Å²) in [4.78, 5) is 11.0. The van der Waals surface area contributed by atoms with Crippen LogP contribution in [0.25, 0.3) is 0 Å². The van der Waals surface area contributed by atoms with Gasteiger partial charge in [0.25, 0.3) is 0 Å². The van der Waals surface area contributed by atoms with Gasteiger partial charge in [0.1, 0.15) is 11.8 Å². The zero-order chi connectivity index (χ0) is 10.8. The molecule has 1 aliphatic rings. The highest BCUT2D eigenvalue weighted by atomic mass is 16.5. The molecule has 4 heteroatoms. The lowest BCUT2D eigenvalue weighted by molar-refractivity contribution is -0.139. The van der Waals surface area contributed by atoms with Crippen molar-refractivity contribution in [1.29, 1.82) is 0 Å². The molecule has 80 valence electrons. The van der Waals surface area contributed by atoms with Crippen molar-refractivity contribution < 1.29 is 14.6 Å². The molecule has 0 saturated heterocycles. The third-order valence-corrected chi connectivity index (χ3v) is 2.67. The van der Waals surface area contributed by atoms with Gasteiger partial charge < -0.3 is 15.2 Å². The summed E-state index contributed by atoms with van der Waals surface area (Å²) in [6.07, 6.45) is 0.809. The molecule has 2 N–H and O–H groups in total. The lowest BCUT2D eigenvalue weighted by atomic mass is 9.93. The van der Waals surface area contributed by atoms with Crippen LogP contribution >= 0.6 is 0 Å². The average molecular weight is 207 g/mol. The van der Waals surface area contributed by atoms with Gasteiger partial charge in [-0.2, -0.15) is 0 Å². The minimum atomic E-state index is -0.843. The fourth-order valence-corrected chi connectivity index (χ4v) is 1.98. The minimum Gasteiger partial charge on any atom is -0.496 e. The van der Waals surface area contributed by atoms with Crippen molar-refractivity contribution in [3.05, 3.63) is 29.3 Å². The van der Waals surface area contributed by atoms with Gasteiger partial charge in [-0.15, -0.1) is 0 Å². The van der Waals surface area contributed by atoms with Crippen molar-refractivity contribution in [2.24, 2.45) is 0 Å². The Hall–Kier alpha value is -1.55. The molecule has 1 heterocycles. The van der Waals surface area contributed by atoms with Crippen molar-refractivity contribution in [2.45, 2.75) is 12.5 Å². The number of nitrogens with one attached hydrogen (secondary N) is 1. The van der Waals surface area contributed by atoms with Crippen molar-refractivity contribution in [3.8, 4) is 5.75 Å². The molecule has 1 aromatic carbocycles. The summed E-state index contributed by atoms with van der Waals surface area (Å²) in [5.41, 5.74) is 1.82. The van der Waals surface area contributed by atoms with Gasteiger partial charge in [-0.3, -0.25) is 4.79 Å². The van der Waals surface area contributed by atoms with E-state index in [0.717, 1.165) is 23.3 Å². The van der Waals surface area contributed by atoms with Crippen molar-refractivity contribution in [1.82, 2.24) is 5.32 Å². The maximum Gasteiger partial charge on any atom is 0.325 e. The Bertz CT molecular complexity index is 389. The van der Waals surface area contributed by atoms with Gasteiger partial charge in [0.05, 0.1) is 7.11 Å². The Kier molecular flexibility index (Phi) is 2.60. The van der Waals surface area contributed by atoms with Crippen molar-refractivity contribution >= 4 is 5.97 Å². The lowest BCUT2D eigenvalue weighted by Crippen LogP contribution is -2.35. The van der Waals surface area contributed by atoms with E-state index in [9.17, 15) is 4.79 Å². The number of benzene rings is 1. The summed E-state index contributed by atoms with van der Waals surface area (Å²) in [6, 6.07) is 4.91. The molecule has 1 atom stereocenters. The summed E-state index contributed by atoms with van der Waals surface area (Å²) in [5.74, 6) is -0.0653. The Labute approximate surface area is 87.9 Å². The van der Waals surface area contributed by atoms with Gasteiger partial charge in [0.2, 0.25) is 0 Å². The van der Waals surface area contributed by atoms with E-state index in [2.05, 4.69) is 5.32 Å².